The maximum Gasteiger partial charge on any atom is 0.0724 e. The Hall–Kier alpha value is -1.80. The van der Waals surface area contributed by atoms with E-state index in [1.165, 1.54) is 74.6 Å². The largest absolute Gasteiger partial charge is 0.354 e. The summed E-state index contributed by atoms with van der Waals surface area (Å²) in [6.45, 7) is 4.25. The van der Waals surface area contributed by atoms with Gasteiger partial charge in [-0.25, -0.2) is 0 Å². The van der Waals surface area contributed by atoms with Gasteiger partial charge in [0.1, 0.15) is 0 Å². The molecule has 3 unspecified atom stereocenters. The SMILES string of the molecule is [2H]C1N(c2ccccc2C)[C@@H](C)C2c3ccccc3C(C3CCCCC3)(C3CCCC3)N21. The lowest BCUT2D eigenvalue weighted by Gasteiger charge is -2.51. The molecule has 2 aromatic carbocycles. The molecule has 0 bridgehead atoms. The van der Waals surface area contributed by atoms with Gasteiger partial charge in [-0.15, -0.1) is 0 Å². The van der Waals surface area contributed by atoms with Gasteiger partial charge >= 0.3 is 0 Å². The lowest BCUT2D eigenvalue weighted by Crippen LogP contribution is -2.53. The van der Waals surface area contributed by atoms with E-state index in [0.717, 1.165) is 0 Å². The molecule has 2 saturated carbocycles. The molecule has 0 spiro atoms. The molecule has 0 N–H and O–H groups in total. The van der Waals surface area contributed by atoms with Crippen LogP contribution in [0.1, 0.15) is 88.8 Å². The van der Waals surface area contributed by atoms with Crippen LogP contribution in [0.5, 0.6) is 0 Å². The van der Waals surface area contributed by atoms with E-state index in [4.69, 9.17) is 0 Å². The van der Waals surface area contributed by atoms with Crippen LogP contribution in [0.2, 0.25) is 0 Å². The number of nitrogens with zero attached hydrogens (tertiary/aromatic N) is 2. The van der Waals surface area contributed by atoms with E-state index in [9.17, 15) is 1.37 Å². The highest BCUT2D eigenvalue weighted by Gasteiger charge is 2.62. The van der Waals surface area contributed by atoms with Crippen LogP contribution >= 0.6 is 0 Å². The molecule has 0 radical (unpaired) electrons. The summed E-state index contributed by atoms with van der Waals surface area (Å²) in [5.74, 6) is 1.37. The maximum atomic E-state index is 9.75. The smallest absolute Gasteiger partial charge is 0.0724 e. The Bertz CT molecular complexity index is 977. The van der Waals surface area contributed by atoms with Crippen molar-refractivity contribution in [3.8, 4) is 0 Å². The van der Waals surface area contributed by atoms with Crippen molar-refractivity contribution in [1.82, 2.24) is 4.90 Å². The first-order chi connectivity index (χ1) is 15.7. The first-order valence-electron chi connectivity index (χ1n) is 13.4. The van der Waals surface area contributed by atoms with Crippen LogP contribution in [0, 0.1) is 18.8 Å². The highest BCUT2D eigenvalue weighted by atomic mass is 15.5. The van der Waals surface area contributed by atoms with E-state index in [-0.39, 0.29) is 12.2 Å². The van der Waals surface area contributed by atoms with Gasteiger partial charge in [0.25, 0.3) is 0 Å². The van der Waals surface area contributed by atoms with Crippen molar-refractivity contribution >= 4 is 5.69 Å². The topological polar surface area (TPSA) is 6.48 Å². The number of benzene rings is 2. The molecule has 2 heteroatoms. The highest BCUT2D eigenvalue weighted by molar-refractivity contribution is 5.57. The Balaban J connectivity index is 1.55. The third-order valence-electron chi connectivity index (χ3n) is 9.18. The predicted octanol–water partition coefficient (Wildman–Crippen LogP) is 7.18. The van der Waals surface area contributed by atoms with Gasteiger partial charge in [0.05, 0.1) is 19.6 Å². The minimum atomic E-state index is -0.328. The first-order valence-corrected chi connectivity index (χ1v) is 12.8. The Morgan fingerprint density at radius 3 is 2.16 bits per heavy atom. The Labute approximate surface area is 190 Å². The molecule has 3 fully saturated rings. The van der Waals surface area contributed by atoms with E-state index in [0.29, 0.717) is 23.9 Å². The Morgan fingerprint density at radius 1 is 0.839 bits per heavy atom. The summed E-state index contributed by atoms with van der Waals surface area (Å²) in [4.78, 5) is 5.17. The molecule has 6 rings (SSSR count). The fourth-order valence-corrected chi connectivity index (χ4v) is 7.93. The second kappa shape index (κ2) is 7.66. The standard InChI is InChI=1S/C29H38N2/c1-21-12-6-11-19-27(21)30-20-31-28(22(30)2)25-17-9-10-18-26(25)29(31,24-15-7-8-16-24)23-13-4-3-5-14-23/h6,9-12,17-19,22-24,28H,3-5,7-8,13-16,20H2,1-2H3/t22-,28?,29?/m0/s1/i20D/t20?,22-,28?,29?. The molecule has 1 saturated heterocycles. The van der Waals surface area contributed by atoms with Gasteiger partial charge in [0.2, 0.25) is 0 Å². The molecule has 31 heavy (non-hydrogen) atoms. The number of fused-ring (bicyclic) bond motifs is 3. The monoisotopic (exact) mass is 415 g/mol. The van der Waals surface area contributed by atoms with Gasteiger partial charge in [0.15, 0.2) is 0 Å². The van der Waals surface area contributed by atoms with Crippen LogP contribution in [-0.4, -0.2) is 17.6 Å². The summed E-state index contributed by atoms with van der Waals surface area (Å²) >= 11 is 0. The number of aryl methyl sites for hydroxylation is 1. The van der Waals surface area contributed by atoms with E-state index in [1.54, 1.807) is 5.56 Å². The minimum absolute atomic E-state index is 0.0380. The van der Waals surface area contributed by atoms with Crippen molar-refractivity contribution in [3.63, 3.8) is 0 Å². The normalized spacial score (nSPS) is 34.7. The molecule has 2 nitrogen and oxygen atoms in total. The third kappa shape index (κ3) is 2.80. The molecule has 164 valence electrons. The molecular formula is C29H38N2. The lowest BCUT2D eigenvalue weighted by molar-refractivity contribution is -0.0286. The van der Waals surface area contributed by atoms with Gasteiger partial charge in [-0.1, -0.05) is 74.6 Å². The Morgan fingerprint density at radius 2 is 1.45 bits per heavy atom. The predicted molar refractivity (Wildman–Crippen MR) is 129 cm³/mol. The number of anilines is 1. The van der Waals surface area contributed by atoms with Crippen molar-refractivity contribution in [3.05, 3.63) is 65.2 Å². The van der Waals surface area contributed by atoms with Gasteiger partial charge in [0, 0.05) is 11.7 Å². The van der Waals surface area contributed by atoms with Crippen molar-refractivity contribution in [2.45, 2.75) is 89.3 Å². The average Bonchev–Trinajstić information content (AvgIpc) is 3.51. The van der Waals surface area contributed by atoms with Crippen LogP contribution in [0.25, 0.3) is 0 Å². The summed E-state index contributed by atoms with van der Waals surface area (Å²) in [5.41, 5.74) is 5.69. The van der Waals surface area contributed by atoms with Crippen LogP contribution in [0.4, 0.5) is 5.69 Å². The fourth-order valence-electron chi connectivity index (χ4n) is 7.93. The summed E-state index contributed by atoms with van der Waals surface area (Å²) in [6.07, 6.45) is 12.2. The highest BCUT2D eigenvalue weighted by Crippen LogP contribution is 2.63. The molecule has 2 aromatic rings. The molecule has 2 heterocycles. The molecule has 0 amide bonds. The van der Waals surface area contributed by atoms with Crippen molar-refractivity contribution in [1.29, 1.82) is 0 Å². The van der Waals surface area contributed by atoms with Crippen molar-refractivity contribution < 1.29 is 1.37 Å². The first kappa shape index (κ1) is 18.7. The third-order valence-corrected chi connectivity index (χ3v) is 9.18. The average molecular weight is 416 g/mol. The second-order valence-electron chi connectivity index (χ2n) is 10.6. The fraction of sp³-hybridized carbons (Fsp3) is 0.586. The molecule has 2 aliphatic carbocycles. The number of rotatable bonds is 3. The second-order valence-corrected chi connectivity index (χ2v) is 10.6. The molecular weight excluding hydrogens is 376 g/mol. The van der Waals surface area contributed by atoms with E-state index >= 15 is 0 Å². The quantitative estimate of drug-likeness (QED) is 0.524. The van der Waals surface area contributed by atoms with Crippen LogP contribution in [-0.2, 0) is 5.54 Å². The van der Waals surface area contributed by atoms with Crippen LogP contribution in [0.15, 0.2) is 48.5 Å². The van der Waals surface area contributed by atoms with Gasteiger partial charge < -0.3 is 4.90 Å². The zero-order chi connectivity index (χ0) is 21.9. The number of para-hydroxylation sites is 1. The van der Waals surface area contributed by atoms with Crippen LogP contribution in [0.3, 0.4) is 0 Å². The van der Waals surface area contributed by atoms with Crippen molar-refractivity contribution in [2.24, 2.45) is 11.8 Å². The van der Waals surface area contributed by atoms with E-state index in [1.807, 2.05) is 0 Å². The zero-order valence-electron chi connectivity index (χ0n) is 20.3. The summed E-state index contributed by atoms with van der Waals surface area (Å²) < 4.78 is 9.75. The summed E-state index contributed by atoms with van der Waals surface area (Å²) in [5, 5.41) is 0. The zero-order valence-corrected chi connectivity index (χ0v) is 19.3. The van der Waals surface area contributed by atoms with E-state index < -0.39 is 0 Å². The molecule has 2 aliphatic heterocycles. The maximum absolute atomic E-state index is 9.75. The van der Waals surface area contributed by atoms with Crippen LogP contribution < -0.4 is 4.90 Å². The Kier molecular flexibility index (Phi) is 4.63. The summed E-state index contributed by atoms with van der Waals surface area (Å²) in [6, 6.07) is 18.7. The van der Waals surface area contributed by atoms with Gasteiger partial charge in [-0.2, -0.15) is 0 Å². The van der Waals surface area contributed by atoms with E-state index in [2.05, 4.69) is 72.2 Å². The summed E-state index contributed by atoms with van der Waals surface area (Å²) in [7, 11) is 0. The number of hydrogen-bond donors (Lipinski definition) is 0. The molecule has 4 atom stereocenters. The number of hydrogen-bond acceptors (Lipinski definition) is 2. The van der Waals surface area contributed by atoms with Gasteiger partial charge in [-0.3, -0.25) is 4.90 Å². The lowest BCUT2D eigenvalue weighted by atomic mass is 9.64. The minimum Gasteiger partial charge on any atom is -0.354 e. The van der Waals surface area contributed by atoms with Gasteiger partial charge in [-0.05, 0) is 74.1 Å². The molecule has 0 aromatic heterocycles. The molecule has 4 aliphatic rings. The van der Waals surface area contributed by atoms with Crippen molar-refractivity contribution in [2.75, 3.05) is 11.5 Å².